The third-order valence-corrected chi connectivity index (χ3v) is 3.94. The monoisotopic (exact) mass is 201 g/mol. The Labute approximate surface area is 75.3 Å². The van der Waals surface area contributed by atoms with Crippen molar-refractivity contribution < 1.29 is 12.8 Å². The number of hydrogen-bond acceptors (Lipinski definition) is 3. The molecule has 0 radical (unpaired) electrons. The highest BCUT2D eigenvalue weighted by Gasteiger charge is 2.34. The van der Waals surface area contributed by atoms with E-state index in [0.29, 0.717) is 0 Å². The molecule has 13 heavy (non-hydrogen) atoms. The van der Waals surface area contributed by atoms with Gasteiger partial charge >= 0.3 is 0 Å². The van der Waals surface area contributed by atoms with E-state index < -0.39 is 21.7 Å². The van der Waals surface area contributed by atoms with E-state index in [1.807, 2.05) is 0 Å². The Morgan fingerprint density at radius 3 is 2.77 bits per heavy atom. The van der Waals surface area contributed by atoms with Crippen molar-refractivity contribution in [2.75, 3.05) is 5.75 Å². The average molecular weight is 201 g/mol. The lowest BCUT2D eigenvalue weighted by Crippen LogP contribution is -2.12. The van der Waals surface area contributed by atoms with E-state index in [1.165, 1.54) is 18.2 Å². The lowest BCUT2D eigenvalue weighted by molar-refractivity contribution is 0.592. The molecule has 70 valence electrons. The fourth-order valence-corrected chi connectivity index (χ4v) is 3.25. The van der Waals surface area contributed by atoms with Gasteiger partial charge in [0.25, 0.3) is 0 Å². The third kappa shape index (κ3) is 1.15. The smallest absolute Gasteiger partial charge is 0.180 e. The molecule has 3 nitrogen and oxygen atoms in total. The molecule has 1 heterocycles. The van der Waals surface area contributed by atoms with E-state index in [9.17, 15) is 12.8 Å². The van der Waals surface area contributed by atoms with Crippen molar-refractivity contribution in [3.63, 3.8) is 0 Å². The minimum atomic E-state index is -3.34. The normalized spacial score (nSPS) is 24.3. The van der Waals surface area contributed by atoms with Crippen LogP contribution in [-0.2, 0) is 9.84 Å². The Kier molecular flexibility index (Phi) is 1.68. The Bertz CT molecular complexity index is 455. The molecule has 0 fully saturated rings. The van der Waals surface area contributed by atoms with Crippen LogP contribution < -0.4 is 5.73 Å². The SMILES string of the molecule is NC1CS(=O)(=O)c2cccc(F)c21. The molecule has 2 N–H and O–H groups in total. The van der Waals surface area contributed by atoms with E-state index >= 15 is 0 Å². The summed E-state index contributed by atoms with van der Waals surface area (Å²) in [5, 5.41) is 0. The molecule has 5 heteroatoms. The minimum Gasteiger partial charge on any atom is -0.323 e. The third-order valence-electron chi connectivity index (χ3n) is 2.12. The summed E-state index contributed by atoms with van der Waals surface area (Å²) >= 11 is 0. The second kappa shape index (κ2) is 2.52. The fourth-order valence-electron chi connectivity index (χ4n) is 1.56. The van der Waals surface area contributed by atoms with E-state index in [4.69, 9.17) is 5.73 Å². The molecule has 0 bridgehead atoms. The van der Waals surface area contributed by atoms with Gasteiger partial charge in [0.1, 0.15) is 5.82 Å². The van der Waals surface area contributed by atoms with Crippen LogP contribution in [0.25, 0.3) is 0 Å². The van der Waals surface area contributed by atoms with Crippen molar-refractivity contribution in [3.05, 3.63) is 29.6 Å². The van der Waals surface area contributed by atoms with Gasteiger partial charge in [-0.15, -0.1) is 0 Å². The van der Waals surface area contributed by atoms with Crippen molar-refractivity contribution in [1.29, 1.82) is 0 Å². The summed E-state index contributed by atoms with van der Waals surface area (Å²) in [4.78, 5) is 0.0417. The molecule has 0 saturated carbocycles. The maximum absolute atomic E-state index is 13.1. The highest BCUT2D eigenvalue weighted by Crippen LogP contribution is 2.33. The number of halogens is 1. The number of hydrogen-bond donors (Lipinski definition) is 1. The van der Waals surface area contributed by atoms with Gasteiger partial charge in [0.05, 0.1) is 10.6 Å². The molecular weight excluding hydrogens is 193 g/mol. The number of rotatable bonds is 0. The predicted octanol–water partition coefficient (Wildman–Crippen LogP) is 0.613. The van der Waals surface area contributed by atoms with Crippen molar-refractivity contribution in [2.45, 2.75) is 10.9 Å². The molecule has 0 aliphatic carbocycles. The van der Waals surface area contributed by atoms with Crippen LogP contribution in [0, 0.1) is 5.82 Å². The molecule has 0 amide bonds. The van der Waals surface area contributed by atoms with Gasteiger partial charge in [-0.1, -0.05) is 6.07 Å². The van der Waals surface area contributed by atoms with Gasteiger partial charge in [0.15, 0.2) is 9.84 Å². The van der Waals surface area contributed by atoms with Gasteiger partial charge < -0.3 is 5.73 Å². The number of nitrogens with two attached hydrogens (primary N) is 1. The molecule has 0 aromatic heterocycles. The molecule has 1 aromatic carbocycles. The molecule has 1 aromatic rings. The van der Waals surface area contributed by atoms with Crippen LogP contribution in [0.2, 0.25) is 0 Å². The number of benzene rings is 1. The molecular formula is C8H8FNO2S. The highest BCUT2D eigenvalue weighted by atomic mass is 32.2. The summed E-state index contributed by atoms with van der Waals surface area (Å²) < 4.78 is 35.9. The predicted molar refractivity (Wildman–Crippen MR) is 45.4 cm³/mol. The Morgan fingerprint density at radius 1 is 1.46 bits per heavy atom. The summed E-state index contributed by atoms with van der Waals surface area (Å²) in [5.41, 5.74) is 5.63. The first-order chi connectivity index (χ1) is 6.02. The first kappa shape index (κ1) is 8.65. The zero-order valence-electron chi connectivity index (χ0n) is 6.70. The standard InChI is InChI=1S/C8H8FNO2S/c9-5-2-1-3-7-8(5)6(10)4-13(7,11)12/h1-3,6H,4,10H2. The maximum Gasteiger partial charge on any atom is 0.180 e. The molecule has 1 aliphatic heterocycles. The summed E-state index contributed by atoms with van der Waals surface area (Å²) in [6.45, 7) is 0. The summed E-state index contributed by atoms with van der Waals surface area (Å²) in [7, 11) is -3.34. The van der Waals surface area contributed by atoms with E-state index in [-0.39, 0.29) is 16.2 Å². The minimum absolute atomic E-state index is 0.0417. The quantitative estimate of drug-likeness (QED) is 0.669. The van der Waals surface area contributed by atoms with Gasteiger partial charge in [-0.25, -0.2) is 12.8 Å². The van der Waals surface area contributed by atoms with E-state index in [2.05, 4.69) is 0 Å². The van der Waals surface area contributed by atoms with Crippen molar-refractivity contribution in [2.24, 2.45) is 5.73 Å². The second-order valence-corrected chi connectivity index (χ2v) is 5.04. The van der Waals surface area contributed by atoms with Gasteiger partial charge in [-0.05, 0) is 12.1 Å². The molecule has 1 atom stereocenters. The van der Waals surface area contributed by atoms with Gasteiger partial charge in [0, 0.05) is 11.6 Å². The maximum atomic E-state index is 13.1. The van der Waals surface area contributed by atoms with Crippen LogP contribution >= 0.6 is 0 Å². The van der Waals surface area contributed by atoms with Crippen molar-refractivity contribution >= 4 is 9.84 Å². The Morgan fingerprint density at radius 2 is 2.15 bits per heavy atom. The van der Waals surface area contributed by atoms with E-state index in [0.717, 1.165) is 0 Å². The van der Waals surface area contributed by atoms with Crippen LogP contribution in [0.4, 0.5) is 4.39 Å². The van der Waals surface area contributed by atoms with Gasteiger partial charge in [-0.2, -0.15) is 0 Å². The molecule has 2 rings (SSSR count). The first-order valence-electron chi connectivity index (χ1n) is 3.79. The Balaban J connectivity index is 2.80. The summed E-state index contributed by atoms with van der Waals surface area (Å²) in [5.74, 6) is -0.727. The largest absolute Gasteiger partial charge is 0.323 e. The summed E-state index contributed by atoms with van der Waals surface area (Å²) in [6, 6.07) is 3.27. The van der Waals surface area contributed by atoms with Crippen molar-refractivity contribution in [3.8, 4) is 0 Å². The average Bonchev–Trinajstić information content (AvgIpc) is 2.24. The summed E-state index contributed by atoms with van der Waals surface area (Å²) in [6.07, 6.45) is 0. The highest BCUT2D eigenvalue weighted by molar-refractivity contribution is 7.91. The zero-order valence-corrected chi connectivity index (χ0v) is 7.51. The van der Waals surface area contributed by atoms with Crippen LogP contribution in [0.3, 0.4) is 0 Å². The van der Waals surface area contributed by atoms with Crippen molar-refractivity contribution in [1.82, 2.24) is 0 Å². The van der Waals surface area contributed by atoms with E-state index in [1.54, 1.807) is 0 Å². The fraction of sp³-hybridized carbons (Fsp3) is 0.250. The second-order valence-electron chi connectivity index (χ2n) is 3.04. The number of fused-ring (bicyclic) bond motifs is 1. The Hall–Kier alpha value is -0.940. The first-order valence-corrected chi connectivity index (χ1v) is 5.44. The lowest BCUT2D eigenvalue weighted by atomic mass is 10.1. The molecule has 0 spiro atoms. The molecule has 1 aliphatic rings. The molecule has 1 unspecified atom stereocenters. The van der Waals surface area contributed by atoms with Crippen LogP contribution in [0.5, 0.6) is 0 Å². The topological polar surface area (TPSA) is 60.2 Å². The van der Waals surface area contributed by atoms with Gasteiger partial charge in [-0.3, -0.25) is 0 Å². The van der Waals surface area contributed by atoms with Crippen LogP contribution in [-0.4, -0.2) is 14.2 Å². The molecule has 0 saturated heterocycles. The van der Waals surface area contributed by atoms with Crippen LogP contribution in [0.15, 0.2) is 23.1 Å². The number of sulfone groups is 1. The zero-order chi connectivity index (χ0) is 9.64. The van der Waals surface area contributed by atoms with Crippen LogP contribution in [0.1, 0.15) is 11.6 Å². The van der Waals surface area contributed by atoms with Gasteiger partial charge in [0.2, 0.25) is 0 Å². The lowest BCUT2D eigenvalue weighted by Gasteiger charge is -2.02.